The van der Waals surface area contributed by atoms with Crippen LogP contribution in [0.25, 0.3) is 11.1 Å². The van der Waals surface area contributed by atoms with Crippen LogP contribution in [-0.2, 0) is 4.79 Å². The lowest BCUT2D eigenvalue weighted by molar-refractivity contribution is -0.114. The van der Waals surface area contributed by atoms with Gasteiger partial charge in [0, 0.05) is 16.9 Å². The number of carbonyl (C=O) groups is 1. The highest BCUT2D eigenvalue weighted by Gasteiger charge is 2.07. The average Bonchev–Trinajstić information content (AvgIpc) is 2.68. The highest BCUT2D eigenvalue weighted by atomic mass is 16.1. The molecule has 1 amide bonds. The maximum absolute atomic E-state index is 12.1. The van der Waals surface area contributed by atoms with Crippen molar-refractivity contribution in [3.05, 3.63) is 84.4 Å². The van der Waals surface area contributed by atoms with Crippen molar-refractivity contribution in [2.75, 3.05) is 17.2 Å². The second-order valence-corrected chi connectivity index (χ2v) is 5.50. The maximum atomic E-state index is 12.1. The van der Waals surface area contributed by atoms with E-state index in [9.17, 15) is 4.79 Å². The predicted molar refractivity (Wildman–Crippen MR) is 100 cm³/mol. The maximum Gasteiger partial charge on any atom is 0.243 e. The van der Waals surface area contributed by atoms with E-state index in [4.69, 9.17) is 5.26 Å². The molecule has 2 N–H and O–H groups in total. The molecule has 4 heteroatoms. The Morgan fingerprint density at radius 1 is 0.880 bits per heavy atom. The average molecular weight is 327 g/mol. The van der Waals surface area contributed by atoms with Crippen LogP contribution in [0.4, 0.5) is 11.4 Å². The van der Waals surface area contributed by atoms with E-state index in [0.717, 1.165) is 16.8 Å². The van der Waals surface area contributed by atoms with Crippen molar-refractivity contribution in [1.29, 1.82) is 5.26 Å². The Morgan fingerprint density at radius 2 is 1.56 bits per heavy atom. The van der Waals surface area contributed by atoms with Gasteiger partial charge in [-0.25, -0.2) is 0 Å². The third-order valence-corrected chi connectivity index (χ3v) is 3.75. The first-order valence-electron chi connectivity index (χ1n) is 7.94. The Hall–Kier alpha value is -3.58. The number of nitrogens with zero attached hydrogens (tertiary/aromatic N) is 1. The van der Waals surface area contributed by atoms with Gasteiger partial charge in [-0.15, -0.1) is 0 Å². The van der Waals surface area contributed by atoms with Gasteiger partial charge >= 0.3 is 0 Å². The molecule has 0 aliphatic heterocycles. The van der Waals surface area contributed by atoms with E-state index in [-0.39, 0.29) is 12.5 Å². The van der Waals surface area contributed by atoms with Crippen molar-refractivity contribution in [2.45, 2.75) is 0 Å². The number of nitriles is 1. The fourth-order valence-electron chi connectivity index (χ4n) is 2.52. The summed E-state index contributed by atoms with van der Waals surface area (Å²) in [5.74, 6) is -0.146. The molecule has 0 spiro atoms. The van der Waals surface area contributed by atoms with Crippen LogP contribution in [0.2, 0.25) is 0 Å². The van der Waals surface area contributed by atoms with Crippen LogP contribution >= 0.6 is 0 Å². The molecule has 0 fully saturated rings. The van der Waals surface area contributed by atoms with Gasteiger partial charge in [0.15, 0.2) is 0 Å². The van der Waals surface area contributed by atoms with E-state index >= 15 is 0 Å². The minimum atomic E-state index is -0.146. The lowest BCUT2D eigenvalue weighted by Gasteiger charge is -2.12. The largest absolute Gasteiger partial charge is 0.376 e. The highest BCUT2D eigenvalue weighted by Crippen LogP contribution is 2.27. The van der Waals surface area contributed by atoms with Gasteiger partial charge in [-0.3, -0.25) is 4.79 Å². The van der Waals surface area contributed by atoms with Crippen molar-refractivity contribution in [3.63, 3.8) is 0 Å². The van der Waals surface area contributed by atoms with Crippen LogP contribution < -0.4 is 10.6 Å². The summed E-state index contributed by atoms with van der Waals surface area (Å²) in [6.45, 7) is 0.157. The Kier molecular flexibility index (Phi) is 5.08. The Balaban J connectivity index is 1.65. The number of amides is 1. The van der Waals surface area contributed by atoms with Crippen molar-refractivity contribution < 1.29 is 4.79 Å². The van der Waals surface area contributed by atoms with E-state index in [2.05, 4.69) is 16.7 Å². The fraction of sp³-hybridized carbons (Fsp3) is 0.0476. The monoisotopic (exact) mass is 327 g/mol. The molecule has 0 heterocycles. The van der Waals surface area contributed by atoms with Crippen LogP contribution in [0.15, 0.2) is 78.9 Å². The minimum absolute atomic E-state index is 0.146. The zero-order valence-corrected chi connectivity index (χ0v) is 13.6. The second-order valence-electron chi connectivity index (χ2n) is 5.50. The molecule has 0 saturated heterocycles. The number of carbonyl (C=O) groups excluding carboxylic acids is 1. The number of hydrogen-bond donors (Lipinski definition) is 2. The number of para-hydroxylation sites is 1. The Bertz CT molecular complexity index is 896. The van der Waals surface area contributed by atoms with E-state index in [1.54, 1.807) is 24.3 Å². The molecule has 0 unspecified atom stereocenters. The van der Waals surface area contributed by atoms with Crippen LogP contribution in [0, 0.1) is 11.3 Å². The van der Waals surface area contributed by atoms with E-state index in [0.29, 0.717) is 11.3 Å². The molecule has 4 nitrogen and oxygen atoms in total. The minimum Gasteiger partial charge on any atom is -0.376 e. The third kappa shape index (κ3) is 4.24. The lowest BCUT2D eigenvalue weighted by Crippen LogP contribution is -2.21. The SMILES string of the molecule is N#Cc1ccc(NC(=O)CNc2ccccc2-c2ccccc2)cc1. The molecule has 0 saturated carbocycles. The van der Waals surface area contributed by atoms with Gasteiger partial charge in [0.2, 0.25) is 5.91 Å². The standard InChI is InChI=1S/C21H17N3O/c22-14-16-10-12-18(13-11-16)24-21(25)15-23-20-9-5-4-8-19(20)17-6-2-1-3-7-17/h1-13,23H,15H2,(H,24,25). The smallest absolute Gasteiger partial charge is 0.243 e. The van der Waals surface area contributed by atoms with Crippen LogP contribution in [0.1, 0.15) is 5.56 Å². The third-order valence-electron chi connectivity index (χ3n) is 3.75. The van der Waals surface area contributed by atoms with Gasteiger partial charge in [0.05, 0.1) is 18.2 Å². The molecule has 0 aromatic heterocycles. The van der Waals surface area contributed by atoms with Crippen molar-refractivity contribution in [2.24, 2.45) is 0 Å². The lowest BCUT2D eigenvalue weighted by atomic mass is 10.0. The number of anilines is 2. The summed E-state index contributed by atoms with van der Waals surface area (Å²) < 4.78 is 0. The topological polar surface area (TPSA) is 64.9 Å². The van der Waals surface area contributed by atoms with Gasteiger partial charge in [0.1, 0.15) is 0 Å². The molecular formula is C21H17N3O. The first-order valence-corrected chi connectivity index (χ1v) is 7.94. The van der Waals surface area contributed by atoms with E-state index in [1.165, 1.54) is 0 Å². The van der Waals surface area contributed by atoms with Crippen molar-refractivity contribution in [3.8, 4) is 17.2 Å². The molecular weight excluding hydrogens is 310 g/mol. The molecule has 25 heavy (non-hydrogen) atoms. The summed E-state index contributed by atoms with van der Waals surface area (Å²) in [6, 6.07) is 26.8. The van der Waals surface area contributed by atoms with Crippen LogP contribution in [-0.4, -0.2) is 12.5 Å². The zero-order chi connectivity index (χ0) is 17.5. The molecule has 3 aromatic rings. The van der Waals surface area contributed by atoms with Crippen molar-refractivity contribution >= 4 is 17.3 Å². The van der Waals surface area contributed by atoms with Gasteiger partial charge in [-0.05, 0) is 35.9 Å². The Morgan fingerprint density at radius 3 is 2.28 bits per heavy atom. The summed E-state index contributed by atoms with van der Waals surface area (Å²) in [6.07, 6.45) is 0. The number of nitrogens with one attached hydrogen (secondary N) is 2. The number of benzene rings is 3. The molecule has 122 valence electrons. The normalized spacial score (nSPS) is 9.88. The predicted octanol–water partition coefficient (Wildman–Crippen LogP) is 4.28. The quantitative estimate of drug-likeness (QED) is 0.735. The Labute approximate surface area is 146 Å². The van der Waals surface area contributed by atoms with Gasteiger partial charge < -0.3 is 10.6 Å². The second kappa shape index (κ2) is 7.80. The molecule has 0 aliphatic rings. The van der Waals surface area contributed by atoms with Crippen LogP contribution in [0.3, 0.4) is 0 Å². The van der Waals surface area contributed by atoms with Crippen molar-refractivity contribution in [1.82, 2.24) is 0 Å². The summed E-state index contributed by atoms with van der Waals surface area (Å²) >= 11 is 0. The summed E-state index contributed by atoms with van der Waals surface area (Å²) in [5.41, 5.74) is 4.28. The summed E-state index contributed by atoms with van der Waals surface area (Å²) in [4.78, 5) is 12.1. The van der Waals surface area contributed by atoms with Crippen LogP contribution in [0.5, 0.6) is 0 Å². The zero-order valence-electron chi connectivity index (χ0n) is 13.6. The molecule has 3 rings (SSSR count). The molecule has 0 radical (unpaired) electrons. The molecule has 0 bridgehead atoms. The molecule has 3 aromatic carbocycles. The van der Waals surface area contributed by atoms with Gasteiger partial charge in [-0.2, -0.15) is 5.26 Å². The van der Waals surface area contributed by atoms with Gasteiger partial charge in [-0.1, -0.05) is 48.5 Å². The van der Waals surface area contributed by atoms with E-state index in [1.807, 2.05) is 54.6 Å². The fourth-order valence-corrected chi connectivity index (χ4v) is 2.52. The first kappa shape index (κ1) is 16.3. The molecule has 0 aliphatic carbocycles. The number of hydrogen-bond acceptors (Lipinski definition) is 3. The highest BCUT2D eigenvalue weighted by molar-refractivity contribution is 5.94. The van der Waals surface area contributed by atoms with E-state index < -0.39 is 0 Å². The number of rotatable bonds is 5. The summed E-state index contributed by atoms with van der Waals surface area (Å²) in [7, 11) is 0. The molecule has 0 atom stereocenters. The summed E-state index contributed by atoms with van der Waals surface area (Å²) in [5, 5.41) is 14.8. The van der Waals surface area contributed by atoms with Gasteiger partial charge in [0.25, 0.3) is 0 Å². The first-order chi connectivity index (χ1) is 12.3.